The molecule has 1 saturated carbocycles. The molecule has 7 rings (SSSR count). The van der Waals surface area contributed by atoms with Crippen LogP contribution in [-0.2, 0) is 0 Å². The third kappa shape index (κ3) is 5.55. The number of phenols is 2. The zero-order valence-electron chi connectivity index (χ0n) is 26.8. The molecule has 6 aromatic carbocycles. The van der Waals surface area contributed by atoms with Crippen molar-refractivity contribution in [2.75, 3.05) is 23.9 Å². The van der Waals surface area contributed by atoms with E-state index in [4.69, 9.17) is 0 Å². The highest BCUT2D eigenvalue weighted by Crippen LogP contribution is 2.53. The summed E-state index contributed by atoms with van der Waals surface area (Å²) in [6.45, 7) is 0. The number of phenolic OH excluding ortho intramolecular Hbond substituents is 2. The van der Waals surface area contributed by atoms with Crippen molar-refractivity contribution in [3.05, 3.63) is 157 Å². The SMILES string of the molecule is CN(C)c1ccc(C2C(O)C(c3ccc(N(c4ccccc4-c4ccccc4)c4ccccc4-c4ccccc4)cc3O)C2O)c(O)c1. The highest BCUT2D eigenvalue weighted by molar-refractivity contribution is 5.93. The number of aliphatic hydroxyl groups excluding tert-OH is 2. The van der Waals surface area contributed by atoms with Crippen molar-refractivity contribution >= 4 is 22.7 Å². The van der Waals surface area contributed by atoms with Gasteiger partial charge in [0.25, 0.3) is 0 Å². The summed E-state index contributed by atoms with van der Waals surface area (Å²) in [7, 11) is 3.76. The number of hydrogen-bond acceptors (Lipinski definition) is 6. The summed E-state index contributed by atoms with van der Waals surface area (Å²) < 4.78 is 0. The Morgan fingerprint density at radius 1 is 0.458 bits per heavy atom. The van der Waals surface area contributed by atoms with E-state index >= 15 is 0 Å². The lowest BCUT2D eigenvalue weighted by Gasteiger charge is -2.47. The first kappa shape index (κ1) is 31.1. The molecule has 0 amide bonds. The number of hydrogen-bond donors (Lipinski definition) is 4. The van der Waals surface area contributed by atoms with Crippen LogP contribution in [-0.4, -0.2) is 46.7 Å². The number of aliphatic hydroxyl groups is 2. The molecule has 0 heterocycles. The first-order valence-corrected chi connectivity index (χ1v) is 16.1. The highest BCUT2D eigenvalue weighted by atomic mass is 16.3. The van der Waals surface area contributed by atoms with Crippen molar-refractivity contribution in [1.29, 1.82) is 0 Å². The van der Waals surface area contributed by atoms with Crippen LogP contribution in [0.15, 0.2) is 146 Å². The summed E-state index contributed by atoms with van der Waals surface area (Å²) >= 11 is 0. The number of anilines is 4. The van der Waals surface area contributed by atoms with Crippen LogP contribution in [0.3, 0.4) is 0 Å². The van der Waals surface area contributed by atoms with Crippen LogP contribution in [0, 0.1) is 0 Å². The van der Waals surface area contributed by atoms with E-state index in [0.29, 0.717) is 11.1 Å². The molecule has 2 unspecified atom stereocenters. The van der Waals surface area contributed by atoms with Gasteiger partial charge in [-0.05, 0) is 35.4 Å². The van der Waals surface area contributed by atoms with E-state index in [-0.39, 0.29) is 11.5 Å². The predicted molar refractivity (Wildman–Crippen MR) is 194 cm³/mol. The van der Waals surface area contributed by atoms with E-state index in [9.17, 15) is 20.4 Å². The quantitative estimate of drug-likeness (QED) is 0.134. The second kappa shape index (κ2) is 12.9. The Balaban J connectivity index is 1.31. The maximum Gasteiger partial charge on any atom is 0.121 e. The van der Waals surface area contributed by atoms with Gasteiger partial charge in [-0.1, -0.05) is 109 Å². The van der Waals surface area contributed by atoms with Gasteiger partial charge >= 0.3 is 0 Å². The van der Waals surface area contributed by atoms with Gasteiger partial charge in [0.05, 0.1) is 23.6 Å². The zero-order valence-corrected chi connectivity index (χ0v) is 26.8. The van der Waals surface area contributed by atoms with E-state index in [1.807, 2.05) is 91.8 Å². The molecule has 48 heavy (non-hydrogen) atoms. The Hall–Kier alpha value is -5.56. The first-order chi connectivity index (χ1) is 23.3. The number of nitrogens with zero attached hydrogens (tertiary/aromatic N) is 2. The summed E-state index contributed by atoms with van der Waals surface area (Å²) in [6, 6.07) is 47.5. The molecule has 0 radical (unpaired) electrons. The van der Waals surface area contributed by atoms with Crippen molar-refractivity contribution in [2.45, 2.75) is 24.0 Å². The van der Waals surface area contributed by atoms with Gasteiger partial charge in [-0.15, -0.1) is 0 Å². The largest absolute Gasteiger partial charge is 0.508 e. The van der Waals surface area contributed by atoms with E-state index in [1.165, 1.54) is 0 Å². The fourth-order valence-corrected chi connectivity index (χ4v) is 6.96. The first-order valence-electron chi connectivity index (χ1n) is 16.1. The Morgan fingerprint density at radius 2 is 0.854 bits per heavy atom. The fourth-order valence-electron chi connectivity index (χ4n) is 6.96. The summed E-state index contributed by atoms with van der Waals surface area (Å²) in [5.74, 6) is -1.41. The molecule has 1 fully saturated rings. The highest BCUT2D eigenvalue weighted by Gasteiger charge is 2.52. The van der Waals surface area contributed by atoms with Crippen molar-refractivity contribution < 1.29 is 20.4 Å². The molecule has 2 atom stereocenters. The molecule has 0 saturated heterocycles. The monoisotopic (exact) mass is 634 g/mol. The average Bonchev–Trinajstić information content (AvgIpc) is 3.11. The van der Waals surface area contributed by atoms with Gasteiger partial charge in [-0.3, -0.25) is 0 Å². The lowest BCUT2D eigenvalue weighted by Crippen LogP contribution is -2.51. The fraction of sp³-hybridized carbons (Fsp3) is 0.143. The van der Waals surface area contributed by atoms with Crippen LogP contribution in [0.1, 0.15) is 23.0 Å². The van der Waals surface area contributed by atoms with Gasteiger partial charge in [0.1, 0.15) is 11.5 Å². The van der Waals surface area contributed by atoms with Gasteiger partial charge in [0.15, 0.2) is 0 Å². The molecular formula is C42H38N2O4. The summed E-state index contributed by atoms with van der Waals surface area (Å²) in [6.07, 6.45) is -2.00. The van der Waals surface area contributed by atoms with Crippen LogP contribution in [0.2, 0.25) is 0 Å². The summed E-state index contributed by atoms with van der Waals surface area (Å²) in [5.41, 5.74) is 8.50. The van der Waals surface area contributed by atoms with Gasteiger partial charge in [-0.25, -0.2) is 0 Å². The minimum Gasteiger partial charge on any atom is -0.508 e. The molecule has 0 aromatic heterocycles. The standard InChI is InChI=1S/C42H38N2O4/c1-43(2)29-21-23-33(37(45)25-29)39-41(47)40(42(39)48)34-24-22-30(26-38(34)46)44(35-19-11-9-17-31(35)27-13-5-3-6-14-27)36-20-12-10-18-32(36)28-15-7-4-8-16-28/h3-26,39-42,45-48H,1-2H3. The molecule has 1 aliphatic rings. The van der Waals surface area contributed by atoms with Gasteiger partial charge in [0.2, 0.25) is 0 Å². The third-order valence-corrected chi connectivity index (χ3v) is 9.45. The Morgan fingerprint density at radius 3 is 1.29 bits per heavy atom. The number of aromatic hydroxyl groups is 2. The molecule has 0 spiro atoms. The Labute approximate surface area is 281 Å². The number of rotatable bonds is 8. The maximum absolute atomic E-state index is 11.6. The smallest absolute Gasteiger partial charge is 0.121 e. The van der Waals surface area contributed by atoms with E-state index in [2.05, 4.69) is 53.4 Å². The minimum absolute atomic E-state index is 0.0205. The molecular weight excluding hydrogens is 596 g/mol. The summed E-state index contributed by atoms with van der Waals surface area (Å²) in [5, 5.41) is 45.0. The van der Waals surface area contributed by atoms with Crippen LogP contribution >= 0.6 is 0 Å². The van der Waals surface area contributed by atoms with Gasteiger partial charge in [0, 0.05) is 71.7 Å². The summed E-state index contributed by atoms with van der Waals surface area (Å²) in [4.78, 5) is 4.02. The Kier molecular flexibility index (Phi) is 8.36. The number of para-hydroxylation sites is 2. The molecule has 0 aliphatic heterocycles. The molecule has 4 N–H and O–H groups in total. The molecule has 0 bridgehead atoms. The van der Waals surface area contributed by atoms with Crippen LogP contribution in [0.25, 0.3) is 22.3 Å². The van der Waals surface area contributed by atoms with E-state index < -0.39 is 24.0 Å². The van der Waals surface area contributed by atoms with E-state index in [1.54, 1.807) is 24.3 Å². The topological polar surface area (TPSA) is 87.4 Å². The van der Waals surface area contributed by atoms with Gasteiger partial charge < -0.3 is 30.2 Å². The van der Waals surface area contributed by atoms with Crippen molar-refractivity contribution in [1.82, 2.24) is 0 Å². The molecule has 6 heteroatoms. The minimum atomic E-state index is -0.999. The van der Waals surface area contributed by atoms with Crippen LogP contribution in [0.5, 0.6) is 11.5 Å². The maximum atomic E-state index is 11.6. The van der Waals surface area contributed by atoms with Crippen molar-refractivity contribution in [3.8, 4) is 33.8 Å². The van der Waals surface area contributed by atoms with E-state index in [0.717, 1.165) is 45.0 Å². The van der Waals surface area contributed by atoms with Gasteiger partial charge in [-0.2, -0.15) is 0 Å². The Bertz CT molecular complexity index is 1950. The average molecular weight is 635 g/mol. The zero-order chi connectivity index (χ0) is 33.4. The van der Waals surface area contributed by atoms with Crippen molar-refractivity contribution in [3.63, 3.8) is 0 Å². The molecule has 1 aliphatic carbocycles. The molecule has 6 nitrogen and oxygen atoms in total. The van der Waals surface area contributed by atoms with Crippen LogP contribution < -0.4 is 9.80 Å². The second-order valence-corrected chi connectivity index (χ2v) is 12.5. The lowest BCUT2D eigenvalue weighted by molar-refractivity contribution is -0.0797. The van der Waals surface area contributed by atoms with Crippen molar-refractivity contribution in [2.24, 2.45) is 0 Å². The van der Waals surface area contributed by atoms with Crippen LogP contribution in [0.4, 0.5) is 22.7 Å². The second-order valence-electron chi connectivity index (χ2n) is 12.5. The lowest BCUT2D eigenvalue weighted by atomic mass is 9.63. The molecule has 240 valence electrons. The normalized spacial score (nSPS) is 18.6. The third-order valence-electron chi connectivity index (χ3n) is 9.45. The number of benzene rings is 6. The predicted octanol–water partition coefficient (Wildman–Crippen LogP) is 8.57. The molecule has 6 aromatic rings.